The van der Waals surface area contributed by atoms with Gasteiger partial charge in [-0.25, -0.2) is 4.39 Å². The van der Waals surface area contributed by atoms with Crippen LogP contribution in [0.25, 0.3) is 0 Å². The quantitative estimate of drug-likeness (QED) is 0.766. The van der Waals surface area contributed by atoms with Crippen molar-refractivity contribution in [1.29, 1.82) is 0 Å². The van der Waals surface area contributed by atoms with E-state index in [4.69, 9.17) is 0 Å². The Kier molecular flexibility index (Phi) is 3.00. The summed E-state index contributed by atoms with van der Waals surface area (Å²) >= 11 is 0. The van der Waals surface area contributed by atoms with Gasteiger partial charge in [0.1, 0.15) is 5.82 Å². The Morgan fingerprint density at radius 2 is 1.89 bits per heavy atom. The second-order valence-electron chi connectivity index (χ2n) is 5.53. The molecule has 0 N–H and O–H groups in total. The number of ketones is 2. The van der Waals surface area contributed by atoms with Crippen molar-refractivity contribution in [3.8, 4) is 0 Å². The summed E-state index contributed by atoms with van der Waals surface area (Å²) in [5.41, 5.74) is -0.723. The zero-order chi connectivity index (χ0) is 14.4. The van der Waals surface area contributed by atoms with Crippen LogP contribution >= 0.6 is 0 Å². The number of hydrogen-bond donors (Lipinski definition) is 0. The van der Waals surface area contributed by atoms with Gasteiger partial charge in [-0.3, -0.25) is 19.3 Å². The molecule has 0 spiro atoms. The molecule has 5 heteroatoms. The van der Waals surface area contributed by atoms with E-state index in [9.17, 15) is 18.8 Å². The molecule has 0 radical (unpaired) electrons. The number of carbonyl (C=O) groups is 3. The molecule has 1 aliphatic heterocycles. The van der Waals surface area contributed by atoms with Gasteiger partial charge in [0, 0.05) is 5.41 Å². The average Bonchev–Trinajstić information content (AvgIpc) is 2.55. The fraction of sp³-hybridized carbons (Fsp3) is 0.357. The molecular formula is C14H14FNO3. The smallest absolute Gasteiger partial charge is 0.297 e. The van der Waals surface area contributed by atoms with Gasteiger partial charge >= 0.3 is 0 Å². The SMILES string of the molecule is CC(C)(C)C(=O)CN1C(=O)C(=O)c2cccc(F)c21. The maximum atomic E-state index is 13.8. The number of benzene rings is 1. The van der Waals surface area contributed by atoms with Gasteiger partial charge in [-0.2, -0.15) is 0 Å². The predicted octanol–water partition coefficient (Wildman–Crippen LogP) is 1.97. The molecule has 1 aromatic carbocycles. The first kappa shape index (κ1) is 13.4. The number of para-hydroxylation sites is 1. The van der Waals surface area contributed by atoms with Crippen molar-refractivity contribution in [3.63, 3.8) is 0 Å². The van der Waals surface area contributed by atoms with Crippen molar-refractivity contribution >= 4 is 23.2 Å². The molecule has 19 heavy (non-hydrogen) atoms. The Labute approximate surface area is 110 Å². The lowest BCUT2D eigenvalue weighted by Gasteiger charge is -2.22. The number of Topliss-reactive ketones (excluding diaryl/α,β-unsaturated/α-hetero) is 2. The topological polar surface area (TPSA) is 54.5 Å². The van der Waals surface area contributed by atoms with Crippen LogP contribution in [-0.2, 0) is 9.59 Å². The predicted molar refractivity (Wildman–Crippen MR) is 67.5 cm³/mol. The highest BCUT2D eigenvalue weighted by Crippen LogP contribution is 2.32. The number of hydrogen-bond acceptors (Lipinski definition) is 3. The molecule has 0 saturated carbocycles. The average molecular weight is 263 g/mol. The van der Waals surface area contributed by atoms with E-state index in [0.717, 1.165) is 4.90 Å². The highest BCUT2D eigenvalue weighted by atomic mass is 19.1. The molecule has 1 aromatic rings. The molecule has 0 saturated heterocycles. The Balaban J connectivity index is 2.42. The molecule has 0 unspecified atom stereocenters. The lowest BCUT2D eigenvalue weighted by Crippen LogP contribution is -2.39. The van der Waals surface area contributed by atoms with Gasteiger partial charge in [0.2, 0.25) is 0 Å². The highest BCUT2D eigenvalue weighted by molar-refractivity contribution is 6.52. The third-order valence-corrected chi connectivity index (χ3v) is 3.08. The van der Waals surface area contributed by atoms with E-state index in [1.54, 1.807) is 20.8 Å². The van der Waals surface area contributed by atoms with Crippen LogP contribution in [0.2, 0.25) is 0 Å². The summed E-state index contributed by atoms with van der Waals surface area (Å²) < 4.78 is 13.8. The number of anilines is 1. The fourth-order valence-electron chi connectivity index (χ4n) is 1.84. The first-order chi connectivity index (χ1) is 8.73. The molecular weight excluding hydrogens is 249 g/mol. The van der Waals surface area contributed by atoms with Crippen LogP contribution in [0.4, 0.5) is 10.1 Å². The van der Waals surface area contributed by atoms with E-state index in [1.807, 2.05) is 0 Å². The van der Waals surface area contributed by atoms with Crippen LogP contribution in [0.5, 0.6) is 0 Å². The highest BCUT2D eigenvalue weighted by Gasteiger charge is 2.40. The van der Waals surface area contributed by atoms with Crippen molar-refractivity contribution in [2.24, 2.45) is 5.41 Å². The second kappa shape index (κ2) is 4.26. The first-order valence-electron chi connectivity index (χ1n) is 5.91. The summed E-state index contributed by atoms with van der Waals surface area (Å²) in [6, 6.07) is 3.92. The number of amides is 1. The molecule has 2 rings (SSSR count). The zero-order valence-electron chi connectivity index (χ0n) is 11.0. The number of carbonyl (C=O) groups excluding carboxylic acids is 3. The number of halogens is 1. The fourth-order valence-corrected chi connectivity index (χ4v) is 1.84. The van der Waals surface area contributed by atoms with Crippen LogP contribution in [0, 0.1) is 11.2 Å². The van der Waals surface area contributed by atoms with Crippen LogP contribution in [-0.4, -0.2) is 24.0 Å². The standard InChI is InChI=1S/C14H14FNO3/c1-14(2,3)10(17)7-16-11-8(12(18)13(16)19)5-4-6-9(11)15/h4-6H,7H2,1-3H3. The van der Waals surface area contributed by atoms with E-state index in [1.165, 1.54) is 18.2 Å². The van der Waals surface area contributed by atoms with Gasteiger partial charge in [-0.1, -0.05) is 26.8 Å². The van der Waals surface area contributed by atoms with Gasteiger partial charge in [-0.15, -0.1) is 0 Å². The first-order valence-corrected chi connectivity index (χ1v) is 5.91. The zero-order valence-corrected chi connectivity index (χ0v) is 11.0. The van der Waals surface area contributed by atoms with Crippen LogP contribution < -0.4 is 4.90 Å². The van der Waals surface area contributed by atoms with Crippen LogP contribution in [0.3, 0.4) is 0 Å². The van der Waals surface area contributed by atoms with Crippen LogP contribution in [0.15, 0.2) is 18.2 Å². The largest absolute Gasteiger partial charge is 0.299 e. The molecule has 1 amide bonds. The Bertz CT molecular complexity index is 587. The number of fused-ring (bicyclic) bond motifs is 1. The van der Waals surface area contributed by atoms with Crippen molar-refractivity contribution in [3.05, 3.63) is 29.6 Å². The molecule has 1 heterocycles. The lowest BCUT2D eigenvalue weighted by molar-refractivity contribution is -0.126. The van der Waals surface area contributed by atoms with Crippen molar-refractivity contribution in [2.45, 2.75) is 20.8 Å². The third kappa shape index (κ3) is 2.16. The summed E-state index contributed by atoms with van der Waals surface area (Å²) in [6.07, 6.45) is 0. The maximum Gasteiger partial charge on any atom is 0.299 e. The Morgan fingerprint density at radius 3 is 2.47 bits per heavy atom. The molecule has 4 nitrogen and oxygen atoms in total. The van der Waals surface area contributed by atoms with Crippen molar-refractivity contribution in [2.75, 3.05) is 11.4 Å². The summed E-state index contributed by atoms with van der Waals surface area (Å²) in [5, 5.41) is 0. The summed E-state index contributed by atoms with van der Waals surface area (Å²) in [6.45, 7) is 4.84. The molecule has 0 fully saturated rings. The normalized spacial score (nSPS) is 14.8. The van der Waals surface area contributed by atoms with Gasteiger partial charge in [-0.05, 0) is 12.1 Å². The van der Waals surface area contributed by atoms with E-state index in [2.05, 4.69) is 0 Å². The Hall–Kier alpha value is -2.04. The molecule has 1 aliphatic rings. The van der Waals surface area contributed by atoms with E-state index in [-0.39, 0.29) is 23.6 Å². The van der Waals surface area contributed by atoms with Crippen LogP contribution in [0.1, 0.15) is 31.1 Å². The minimum absolute atomic E-state index is 0.0201. The molecule has 0 atom stereocenters. The van der Waals surface area contributed by atoms with E-state index < -0.39 is 22.9 Å². The lowest BCUT2D eigenvalue weighted by atomic mass is 9.90. The minimum Gasteiger partial charge on any atom is -0.297 e. The minimum atomic E-state index is -0.849. The van der Waals surface area contributed by atoms with Gasteiger partial charge < -0.3 is 0 Å². The number of nitrogens with zero attached hydrogens (tertiary/aromatic N) is 1. The van der Waals surface area contributed by atoms with Crippen molar-refractivity contribution in [1.82, 2.24) is 0 Å². The third-order valence-electron chi connectivity index (χ3n) is 3.08. The molecule has 0 aliphatic carbocycles. The van der Waals surface area contributed by atoms with E-state index in [0.29, 0.717) is 0 Å². The molecule has 0 aromatic heterocycles. The van der Waals surface area contributed by atoms with E-state index >= 15 is 0 Å². The van der Waals surface area contributed by atoms with Crippen molar-refractivity contribution < 1.29 is 18.8 Å². The van der Waals surface area contributed by atoms with Gasteiger partial charge in [0.15, 0.2) is 5.78 Å². The Morgan fingerprint density at radius 1 is 1.26 bits per heavy atom. The molecule has 100 valence electrons. The van der Waals surface area contributed by atoms with Gasteiger partial charge in [0.05, 0.1) is 17.8 Å². The summed E-state index contributed by atoms with van der Waals surface area (Å²) in [5.74, 6) is -2.52. The number of rotatable bonds is 2. The summed E-state index contributed by atoms with van der Waals surface area (Å²) in [7, 11) is 0. The monoisotopic (exact) mass is 263 g/mol. The van der Waals surface area contributed by atoms with Gasteiger partial charge in [0.25, 0.3) is 11.7 Å². The maximum absolute atomic E-state index is 13.8. The molecule has 0 bridgehead atoms. The summed E-state index contributed by atoms with van der Waals surface area (Å²) in [4.78, 5) is 36.5. The second-order valence-corrected chi connectivity index (χ2v) is 5.53.